The summed E-state index contributed by atoms with van der Waals surface area (Å²) in [6.07, 6.45) is 24.3. The summed E-state index contributed by atoms with van der Waals surface area (Å²) in [7, 11) is 0. The maximum atomic E-state index is 10.5. The fourth-order valence-corrected chi connectivity index (χ4v) is 3.12. The van der Waals surface area contributed by atoms with Gasteiger partial charge in [-0.25, -0.2) is 0 Å². The van der Waals surface area contributed by atoms with Crippen molar-refractivity contribution in [3.8, 4) is 0 Å². The molecule has 0 N–H and O–H groups in total. The second kappa shape index (κ2) is 19.5. The molecule has 2 nitrogen and oxygen atoms in total. The lowest BCUT2D eigenvalue weighted by Gasteiger charge is -2.12. The smallest absolute Gasteiger partial charge is 0.312 e. The summed E-state index contributed by atoms with van der Waals surface area (Å²) in [5.74, 6) is 0. The molecule has 0 fully saturated rings. The zero-order chi connectivity index (χ0) is 17.0. The van der Waals surface area contributed by atoms with Crippen LogP contribution < -0.4 is 0 Å². The van der Waals surface area contributed by atoms with E-state index in [0.717, 1.165) is 19.5 Å². The van der Waals surface area contributed by atoms with Crippen LogP contribution in [0.25, 0.3) is 0 Å². The van der Waals surface area contributed by atoms with Gasteiger partial charge in [0.25, 0.3) is 0 Å². The lowest BCUT2D eigenvalue weighted by Crippen LogP contribution is -2.22. The summed E-state index contributed by atoms with van der Waals surface area (Å²) in [5.41, 5.74) is 0. The quantitative estimate of drug-likeness (QED) is 0.193. The Morgan fingerprint density at radius 1 is 0.565 bits per heavy atom. The van der Waals surface area contributed by atoms with Gasteiger partial charge in [-0.1, -0.05) is 103 Å². The first kappa shape index (κ1) is 22.5. The van der Waals surface area contributed by atoms with Crippen LogP contribution in [0.2, 0.25) is 0 Å². The van der Waals surface area contributed by atoms with Crippen LogP contribution in [0.5, 0.6) is 0 Å². The summed E-state index contributed by atoms with van der Waals surface area (Å²) in [4.78, 5) is 12.3. The SMILES string of the molecule is CCCCCCCCCCCCCCCCCCN([C]=O)CC. The molecule has 0 unspecified atom stereocenters. The molecule has 1 amide bonds. The Kier molecular flexibility index (Phi) is 19.1. The molecule has 0 aliphatic rings. The van der Waals surface area contributed by atoms with Crippen LogP contribution in [0.1, 0.15) is 117 Å². The molecule has 0 atom stereocenters. The van der Waals surface area contributed by atoms with Crippen LogP contribution in [0, 0.1) is 0 Å². The fraction of sp³-hybridized carbons (Fsp3) is 0.952. The topological polar surface area (TPSA) is 20.3 Å². The summed E-state index contributed by atoms with van der Waals surface area (Å²) in [6.45, 7) is 5.98. The van der Waals surface area contributed by atoms with E-state index < -0.39 is 0 Å². The Morgan fingerprint density at radius 3 is 1.22 bits per heavy atom. The third-order valence-corrected chi connectivity index (χ3v) is 4.79. The molecule has 2 heteroatoms. The molecule has 137 valence electrons. The lowest BCUT2D eigenvalue weighted by atomic mass is 10.0. The van der Waals surface area contributed by atoms with Gasteiger partial charge in [-0.3, -0.25) is 4.79 Å². The third kappa shape index (κ3) is 17.7. The van der Waals surface area contributed by atoms with Crippen LogP contribution in [0.15, 0.2) is 0 Å². The van der Waals surface area contributed by atoms with E-state index in [9.17, 15) is 4.79 Å². The number of amides is 1. The number of hydrogen-bond donors (Lipinski definition) is 0. The van der Waals surface area contributed by atoms with Crippen molar-refractivity contribution in [2.24, 2.45) is 0 Å². The van der Waals surface area contributed by atoms with Crippen molar-refractivity contribution in [1.29, 1.82) is 0 Å². The number of nitrogens with zero attached hydrogens (tertiary/aromatic N) is 1. The Hall–Kier alpha value is -0.530. The Morgan fingerprint density at radius 2 is 0.913 bits per heavy atom. The molecule has 0 saturated carbocycles. The Bertz CT molecular complexity index is 230. The molecule has 0 aliphatic heterocycles. The number of rotatable bonds is 19. The van der Waals surface area contributed by atoms with Gasteiger partial charge >= 0.3 is 6.41 Å². The Balaban J connectivity index is 3.04. The van der Waals surface area contributed by atoms with E-state index in [4.69, 9.17) is 0 Å². The van der Waals surface area contributed by atoms with Gasteiger partial charge in [0, 0.05) is 13.1 Å². The highest BCUT2D eigenvalue weighted by atomic mass is 16.1. The van der Waals surface area contributed by atoms with Gasteiger partial charge in [-0.15, -0.1) is 0 Å². The average molecular weight is 325 g/mol. The Labute approximate surface area is 146 Å². The summed E-state index contributed by atoms with van der Waals surface area (Å²) in [5, 5.41) is 0. The molecular weight excluding hydrogens is 282 g/mol. The maximum absolute atomic E-state index is 10.5. The minimum Gasteiger partial charge on any atom is -0.335 e. The van der Waals surface area contributed by atoms with Crippen LogP contribution in [-0.2, 0) is 4.79 Å². The van der Waals surface area contributed by atoms with E-state index in [0.29, 0.717) is 0 Å². The van der Waals surface area contributed by atoms with Gasteiger partial charge < -0.3 is 4.90 Å². The zero-order valence-electron chi connectivity index (χ0n) is 16.1. The van der Waals surface area contributed by atoms with E-state index in [1.807, 2.05) is 13.3 Å². The van der Waals surface area contributed by atoms with Crippen molar-refractivity contribution in [2.45, 2.75) is 117 Å². The number of hydrogen-bond acceptors (Lipinski definition) is 1. The number of unbranched alkanes of at least 4 members (excludes halogenated alkanes) is 15. The second-order valence-electron chi connectivity index (χ2n) is 6.97. The molecule has 0 aromatic rings. The normalized spacial score (nSPS) is 10.9. The molecule has 0 bridgehead atoms. The predicted molar refractivity (Wildman–Crippen MR) is 102 cm³/mol. The van der Waals surface area contributed by atoms with E-state index in [2.05, 4.69) is 6.92 Å². The van der Waals surface area contributed by atoms with Crippen LogP contribution in [-0.4, -0.2) is 24.4 Å². The minimum atomic E-state index is 0.794. The zero-order valence-corrected chi connectivity index (χ0v) is 16.1. The number of carbonyl (C=O) groups excluding carboxylic acids is 1. The fourth-order valence-electron chi connectivity index (χ4n) is 3.12. The highest BCUT2D eigenvalue weighted by molar-refractivity contribution is 5.47. The highest BCUT2D eigenvalue weighted by Gasteiger charge is 1.98. The predicted octanol–water partition coefficient (Wildman–Crippen LogP) is 6.64. The third-order valence-electron chi connectivity index (χ3n) is 4.79. The van der Waals surface area contributed by atoms with Crippen molar-refractivity contribution in [3.63, 3.8) is 0 Å². The molecule has 0 saturated heterocycles. The van der Waals surface area contributed by atoms with E-state index in [-0.39, 0.29) is 0 Å². The van der Waals surface area contributed by atoms with Crippen molar-refractivity contribution in [3.05, 3.63) is 0 Å². The molecule has 0 aliphatic carbocycles. The molecule has 0 aromatic carbocycles. The molecule has 0 aromatic heterocycles. The molecule has 0 rings (SSSR count). The summed E-state index contributed by atoms with van der Waals surface area (Å²) >= 11 is 0. The molecule has 0 spiro atoms. The highest BCUT2D eigenvalue weighted by Crippen LogP contribution is 2.13. The first-order chi connectivity index (χ1) is 11.3. The van der Waals surface area contributed by atoms with Gasteiger partial charge in [0.15, 0.2) is 0 Å². The lowest BCUT2D eigenvalue weighted by molar-refractivity contribution is 0.381. The van der Waals surface area contributed by atoms with Crippen LogP contribution in [0.3, 0.4) is 0 Å². The molecule has 1 radical (unpaired) electrons. The van der Waals surface area contributed by atoms with Gasteiger partial charge in [-0.2, -0.15) is 0 Å². The summed E-state index contributed by atoms with van der Waals surface area (Å²) < 4.78 is 0. The first-order valence-electron chi connectivity index (χ1n) is 10.5. The van der Waals surface area contributed by atoms with Crippen LogP contribution in [0.4, 0.5) is 0 Å². The largest absolute Gasteiger partial charge is 0.335 e. The average Bonchev–Trinajstić information content (AvgIpc) is 2.58. The van der Waals surface area contributed by atoms with Gasteiger partial charge in [-0.05, 0) is 13.3 Å². The standard InChI is InChI=1S/C21H42NO/c1-3-5-6-7-8-9-10-11-12-13-14-15-16-17-18-19-20-22(4-2)21-23/h3-20H2,1-2H3. The van der Waals surface area contributed by atoms with Gasteiger partial charge in [0.2, 0.25) is 0 Å². The van der Waals surface area contributed by atoms with Crippen LogP contribution >= 0.6 is 0 Å². The molecule has 23 heavy (non-hydrogen) atoms. The molecular formula is C21H42NO. The van der Waals surface area contributed by atoms with Crippen molar-refractivity contribution in [1.82, 2.24) is 4.90 Å². The van der Waals surface area contributed by atoms with Crippen molar-refractivity contribution in [2.75, 3.05) is 13.1 Å². The molecule has 0 heterocycles. The summed E-state index contributed by atoms with van der Waals surface area (Å²) in [6, 6.07) is 0. The van der Waals surface area contributed by atoms with Crippen molar-refractivity contribution < 1.29 is 4.79 Å². The first-order valence-corrected chi connectivity index (χ1v) is 10.5. The van der Waals surface area contributed by atoms with E-state index >= 15 is 0 Å². The van der Waals surface area contributed by atoms with Gasteiger partial charge in [0.1, 0.15) is 0 Å². The second-order valence-corrected chi connectivity index (χ2v) is 6.97. The van der Waals surface area contributed by atoms with E-state index in [1.165, 1.54) is 96.3 Å². The maximum Gasteiger partial charge on any atom is 0.312 e. The van der Waals surface area contributed by atoms with Gasteiger partial charge in [0.05, 0.1) is 0 Å². The minimum absolute atomic E-state index is 0.794. The van der Waals surface area contributed by atoms with Crippen molar-refractivity contribution >= 4 is 6.41 Å². The van der Waals surface area contributed by atoms with E-state index in [1.54, 1.807) is 4.90 Å². The monoisotopic (exact) mass is 324 g/mol.